The third-order valence-electron chi connectivity index (χ3n) is 5.89. The van der Waals surface area contributed by atoms with Crippen molar-refractivity contribution in [2.75, 3.05) is 4.90 Å². The number of aliphatic hydroxyl groups is 1. The molecule has 0 aliphatic carbocycles. The van der Waals surface area contributed by atoms with Crippen LogP contribution in [0.15, 0.2) is 94.6 Å². The number of phenolic OH excluding ortho intramolecular Hbond substituents is 1. The number of imidazole rings is 1. The first kappa shape index (κ1) is 19.8. The number of amides is 1. The average Bonchev–Trinajstić information content (AvgIpc) is 3.53. The van der Waals surface area contributed by atoms with Gasteiger partial charge in [0.15, 0.2) is 11.5 Å². The van der Waals surface area contributed by atoms with Gasteiger partial charge in [0, 0.05) is 5.39 Å². The van der Waals surface area contributed by atoms with Crippen LogP contribution in [0.5, 0.6) is 5.75 Å². The lowest BCUT2D eigenvalue weighted by molar-refractivity contribution is -0.117. The molecule has 0 fully saturated rings. The van der Waals surface area contributed by atoms with Crippen LogP contribution in [0, 0.1) is 0 Å². The number of phenols is 1. The van der Waals surface area contributed by atoms with E-state index >= 15 is 0 Å². The second-order valence-electron chi connectivity index (χ2n) is 7.99. The molecule has 0 saturated carbocycles. The van der Waals surface area contributed by atoms with Crippen molar-refractivity contribution in [1.29, 1.82) is 0 Å². The molecule has 2 aromatic heterocycles. The second kappa shape index (κ2) is 7.35. The number of ketones is 1. The zero-order valence-electron chi connectivity index (χ0n) is 17.6. The maximum Gasteiger partial charge on any atom is 0.296 e. The molecular weight excluding hydrogens is 434 g/mol. The highest BCUT2D eigenvalue weighted by Gasteiger charge is 2.46. The summed E-state index contributed by atoms with van der Waals surface area (Å²) in [5, 5.41) is 21.7. The number of para-hydroxylation sites is 3. The number of carbonyl (C=O) groups excluding carboxylic acids is 2. The number of hydrogen-bond donors (Lipinski definition) is 3. The summed E-state index contributed by atoms with van der Waals surface area (Å²) in [6.45, 7) is 0. The number of rotatable bonds is 4. The van der Waals surface area contributed by atoms with Crippen LogP contribution in [0.25, 0.3) is 22.0 Å². The van der Waals surface area contributed by atoms with Gasteiger partial charge in [0.05, 0.1) is 22.6 Å². The normalized spacial score (nSPS) is 16.2. The standard InChI is InChI=1S/C26H17N3O5/c30-16-8-5-7-15(12-16)22-21(23(31)20-13-14-6-1-4-11-19(14)34-20)24(32)25(33)29(22)26-27-17-9-2-3-10-18(17)28-26/h1-13,22,30,32H,(H,27,28). The Labute approximate surface area is 192 Å². The van der Waals surface area contributed by atoms with Crippen molar-refractivity contribution in [3.05, 3.63) is 102 Å². The third-order valence-corrected chi connectivity index (χ3v) is 5.89. The van der Waals surface area contributed by atoms with Crippen molar-refractivity contribution in [3.63, 3.8) is 0 Å². The fraction of sp³-hybridized carbons (Fsp3) is 0.0385. The van der Waals surface area contributed by atoms with Crippen LogP contribution in [0.3, 0.4) is 0 Å². The smallest absolute Gasteiger partial charge is 0.296 e. The predicted molar refractivity (Wildman–Crippen MR) is 125 cm³/mol. The minimum absolute atomic E-state index is 0.00726. The Bertz CT molecular complexity index is 1580. The Hall–Kier alpha value is -4.85. The molecular formula is C26H17N3O5. The summed E-state index contributed by atoms with van der Waals surface area (Å²) in [7, 11) is 0. The molecule has 8 heteroatoms. The van der Waals surface area contributed by atoms with Crippen LogP contribution in [0.2, 0.25) is 0 Å². The Morgan fingerprint density at radius 2 is 1.76 bits per heavy atom. The fourth-order valence-electron chi connectivity index (χ4n) is 4.35. The first-order valence-electron chi connectivity index (χ1n) is 10.5. The van der Waals surface area contributed by atoms with E-state index in [0.29, 0.717) is 22.2 Å². The zero-order chi connectivity index (χ0) is 23.4. The number of nitrogens with one attached hydrogen (secondary N) is 1. The minimum atomic E-state index is -1.04. The Kier molecular flexibility index (Phi) is 4.28. The maximum absolute atomic E-state index is 13.6. The van der Waals surface area contributed by atoms with Gasteiger partial charge in [-0.2, -0.15) is 0 Å². The van der Waals surface area contributed by atoms with Gasteiger partial charge in [0.1, 0.15) is 11.3 Å². The summed E-state index contributed by atoms with van der Waals surface area (Å²) in [4.78, 5) is 35.7. The van der Waals surface area contributed by atoms with Crippen molar-refractivity contribution < 1.29 is 24.2 Å². The molecule has 6 rings (SSSR count). The molecule has 3 heterocycles. The molecule has 3 aromatic carbocycles. The highest BCUT2D eigenvalue weighted by molar-refractivity contribution is 6.20. The molecule has 0 bridgehead atoms. The summed E-state index contributed by atoms with van der Waals surface area (Å²) >= 11 is 0. The van der Waals surface area contributed by atoms with E-state index in [0.717, 1.165) is 5.39 Å². The van der Waals surface area contributed by atoms with Gasteiger partial charge >= 0.3 is 0 Å². The molecule has 3 N–H and O–H groups in total. The van der Waals surface area contributed by atoms with Crippen LogP contribution < -0.4 is 4.90 Å². The van der Waals surface area contributed by atoms with E-state index in [1.165, 1.54) is 17.0 Å². The van der Waals surface area contributed by atoms with Gasteiger partial charge in [0.25, 0.3) is 5.91 Å². The van der Waals surface area contributed by atoms with Crippen molar-refractivity contribution in [2.24, 2.45) is 0 Å². The van der Waals surface area contributed by atoms with Crippen LogP contribution in [0.1, 0.15) is 22.2 Å². The van der Waals surface area contributed by atoms with Gasteiger partial charge in [-0.25, -0.2) is 4.98 Å². The molecule has 1 aliphatic heterocycles. The van der Waals surface area contributed by atoms with Gasteiger partial charge in [-0.1, -0.05) is 42.5 Å². The van der Waals surface area contributed by atoms with E-state index in [-0.39, 0.29) is 23.0 Å². The zero-order valence-corrected chi connectivity index (χ0v) is 17.6. The third kappa shape index (κ3) is 2.96. The number of nitrogens with zero attached hydrogens (tertiary/aromatic N) is 2. The van der Waals surface area contributed by atoms with Gasteiger partial charge < -0.3 is 19.6 Å². The van der Waals surface area contributed by atoms with Crippen molar-refractivity contribution in [2.45, 2.75) is 6.04 Å². The van der Waals surface area contributed by atoms with E-state index in [1.54, 1.807) is 42.5 Å². The number of H-pyrrole nitrogens is 1. The largest absolute Gasteiger partial charge is 0.508 e. The molecule has 5 aromatic rings. The summed E-state index contributed by atoms with van der Waals surface area (Å²) in [6.07, 6.45) is 0. The molecule has 1 unspecified atom stereocenters. The van der Waals surface area contributed by atoms with E-state index in [4.69, 9.17) is 4.42 Å². The number of aliphatic hydroxyl groups excluding tert-OH is 1. The van der Waals surface area contributed by atoms with Gasteiger partial charge in [0.2, 0.25) is 11.7 Å². The fourth-order valence-corrected chi connectivity index (χ4v) is 4.35. The quantitative estimate of drug-likeness (QED) is 0.338. The van der Waals surface area contributed by atoms with Gasteiger partial charge in [-0.3, -0.25) is 14.5 Å². The predicted octanol–water partition coefficient (Wildman–Crippen LogP) is 4.80. The molecule has 0 radical (unpaired) electrons. The lowest BCUT2D eigenvalue weighted by Crippen LogP contribution is -2.32. The summed E-state index contributed by atoms with van der Waals surface area (Å²) in [5.74, 6) is -2.00. The highest BCUT2D eigenvalue weighted by atomic mass is 16.3. The molecule has 0 saturated heterocycles. The Morgan fingerprint density at radius 1 is 0.971 bits per heavy atom. The van der Waals surface area contributed by atoms with Crippen molar-refractivity contribution in [3.8, 4) is 5.75 Å². The number of carbonyl (C=O) groups is 2. The average molecular weight is 451 g/mol. The van der Waals surface area contributed by atoms with Crippen LogP contribution in [-0.2, 0) is 4.79 Å². The Balaban J connectivity index is 1.52. The molecule has 1 atom stereocenters. The number of hydrogen-bond acceptors (Lipinski definition) is 6. The number of fused-ring (bicyclic) bond motifs is 2. The summed E-state index contributed by atoms with van der Waals surface area (Å²) in [5.41, 5.74) is 2.10. The molecule has 34 heavy (non-hydrogen) atoms. The number of aromatic nitrogens is 2. The molecule has 0 spiro atoms. The maximum atomic E-state index is 13.6. The number of aromatic hydroxyl groups is 1. The lowest BCUT2D eigenvalue weighted by Gasteiger charge is -2.24. The molecule has 166 valence electrons. The van der Waals surface area contributed by atoms with Crippen LogP contribution in [-0.4, -0.2) is 31.9 Å². The number of aromatic amines is 1. The minimum Gasteiger partial charge on any atom is -0.508 e. The van der Waals surface area contributed by atoms with Crippen molar-refractivity contribution >= 4 is 39.6 Å². The van der Waals surface area contributed by atoms with Crippen LogP contribution >= 0.6 is 0 Å². The molecule has 1 aliphatic rings. The number of anilines is 1. The van der Waals surface area contributed by atoms with Crippen molar-refractivity contribution in [1.82, 2.24) is 9.97 Å². The summed E-state index contributed by atoms with van der Waals surface area (Å²) < 4.78 is 5.73. The lowest BCUT2D eigenvalue weighted by atomic mass is 9.95. The van der Waals surface area contributed by atoms with E-state index < -0.39 is 23.5 Å². The first-order valence-corrected chi connectivity index (χ1v) is 10.5. The number of benzene rings is 3. The van der Waals surface area contributed by atoms with Gasteiger partial charge in [-0.15, -0.1) is 0 Å². The van der Waals surface area contributed by atoms with E-state index in [9.17, 15) is 19.8 Å². The number of furan rings is 1. The molecule has 1 amide bonds. The highest BCUT2D eigenvalue weighted by Crippen LogP contribution is 2.42. The second-order valence-corrected chi connectivity index (χ2v) is 7.99. The SMILES string of the molecule is O=C(C1=C(O)C(=O)N(c2nc3ccccc3[nH]2)C1c1cccc(O)c1)c1cc2ccccc2o1. The number of Topliss-reactive ketones (excluding diaryl/α,β-unsaturated/α-hetero) is 1. The van der Waals surface area contributed by atoms with Crippen LogP contribution in [0.4, 0.5) is 5.95 Å². The van der Waals surface area contributed by atoms with Gasteiger partial charge in [-0.05, 0) is 42.0 Å². The van der Waals surface area contributed by atoms with E-state index in [2.05, 4.69) is 9.97 Å². The van der Waals surface area contributed by atoms with E-state index in [1.807, 2.05) is 24.3 Å². The summed E-state index contributed by atoms with van der Waals surface area (Å²) in [6, 6.07) is 21.1. The topological polar surface area (TPSA) is 120 Å². The first-order chi connectivity index (χ1) is 16.5. The molecule has 8 nitrogen and oxygen atoms in total. The Morgan fingerprint density at radius 3 is 2.56 bits per heavy atom. The monoisotopic (exact) mass is 451 g/mol.